The van der Waals surface area contributed by atoms with Crippen molar-refractivity contribution in [3.05, 3.63) is 76.1 Å². The molecule has 150 valence electrons. The van der Waals surface area contributed by atoms with Gasteiger partial charge in [-0.05, 0) is 78.5 Å². The molecule has 0 spiro atoms. The van der Waals surface area contributed by atoms with Crippen LogP contribution in [0.25, 0.3) is 5.76 Å². The van der Waals surface area contributed by atoms with Crippen LogP contribution in [0, 0.1) is 5.21 Å². The lowest BCUT2D eigenvalue weighted by Crippen LogP contribution is -3.07. The molecule has 0 aliphatic carbocycles. The Bertz CT molecular complexity index is 842. The lowest BCUT2D eigenvalue weighted by Gasteiger charge is -2.41. The average molecular weight is 380 g/mol. The third-order valence-electron chi connectivity index (χ3n) is 5.73. The van der Waals surface area contributed by atoms with Crippen molar-refractivity contribution in [1.29, 1.82) is 0 Å². The van der Waals surface area contributed by atoms with Crippen LogP contribution in [-0.4, -0.2) is 11.6 Å². The number of benzene rings is 1. The van der Waals surface area contributed by atoms with Crippen LogP contribution in [0.2, 0.25) is 0 Å². The molecule has 0 fully saturated rings. The zero-order chi connectivity index (χ0) is 20.3. The van der Waals surface area contributed by atoms with E-state index in [9.17, 15) is 5.21 Å². The molecule has 2 aliphatic heterocycles. The SMILES string of the molecule is CC(C)=CCCC(C)=CCCC1(C)C=CC2=C(O1)c1ccccc1[NH+]([O-])C2C. The molecule has 0 saturated carbocycles. The number of hydroxylamine groups is 1. The van der Waals surface area contributed by atoms with Gasteiger partial charge in [0.1, 0.15) is 23.1 Å². The van der Waals surface area contributed by atoms with Gasteiger partial charge in [-0.2, -0.15) is 0 Å². The van der Waals surface area contributed by atoms with Gasteiger partial charge in [-0.25, -0.2) is 0 Å². The van der Waals surface area contributed by atoms with Gasteiger partial charge in [0, 0.05) is 6.07 Å². The molecule has 3 heteroatoms. The predicted molar refractivity (Wildman–Crippen MR) is 117 cm³/mol. The van der Waals surface area contributed by atoms with E-state index in [4.69, 9.17) is 4.74 Å². The summed E-state index contributed by atoms with van der Waals surface area (Å²) in [5, 5.41) is 12.9. The molecular weight excluding hydrogens is 346 g/mol. The Balaban J connectivity index is 1.69. The lowest BCUT2D eigenvalue weighted by atomic mass is 9.89. The summed E-state index contributed by atoms with van der Waals surface area (Å²) in [4.78, 5) is 0. The highest BCUT2D eigenvalue weighted by Gasteiger charge is 2.37. The minimum atomic E-state index is -0.345. The van der Waals surface area contributed by atoms with Gasteiger partial charge < -0.3 is 15.0 Å². The molecule has 1 N–H and O–H groups in total. The number of rotatable bonds is 6. The monoisotopic (exact) mass is 379 g/mol. The maximum Gasteiger partial charge on any atom is 0.143 e. The summed E-state index contributed by atoms with van der Waals surface area (Å²) >= 11 is 0. The van der Waals surface area contributed by atoms with Crippen LogP contribution in [-0.2, 0) is 4.74 Å². The molecular formula is C25H33NO2. The van der Waals surface area contributed by atoms with Gasteiger partial charge in [0.25, 0.3) is 0 Å². The zero-order valence-corrected chi connectivity index (χ0v) is 17.8. The fourth-order valence-electron chi connectivity index (χ4n) is 3.92. The smallest absolute Gasteiger partial charge is 0.143 e. The molecule has 0 saturated heterocycles. The van der Waals surface area contributed by atoms with Gasteiger partial charge in [-0.15, -0.1) is 0 Å². The van der Waals surface area contributed by atoms with Crippen LogP contribution in [0.5, 0.6) is 0 Å². The molecule has 3 nitrogen and oxygen atoms in total. The molecule has 1 aromatic carbocycles. The van der Waals surface area contributed by atoms with E-state index in [1.165, 1.54) is 11.1 Å². The first-order chi connectivity index (χ1) is 13.3. The third-order valence-corrected chi connectivity index (χ3v) is 5.73. The van der Waals surface area contributed by atoms with Crippen molar-refractivity contribution in [2.45, 2.75) is 71.9 Å². The first-order valence-electron chi connectivity index (χ1n) is 10.4. The summed E-state index contributed by atoms with van der Waals surface area (Å²) in [6.45, 7) is 10.6. The second-order valence-electron chi connectivity index (χ2n) is 8.57. The zero-order valence-electron chi connectivity index (χ0n) is 17.8. The molecule has 3 rings (SSSR count). The van der Waals surface area contributed by atoms with E-state index < -0.39 is 0 Å². The van der Waals surface area contributed by atoms with E-state index in [2.05, 4.69) is 52.0 Å². The highest BCUT2D eigenvalue weighted by molar-refractivity contribution is 5.76. The number of allylic oxidation sites excluding steroid dienone is 4. The number of hydrogen-bond donors (Lipinski definition) is 1. The number of hydrogen-bond acceptors (Lipinski definition) is 2. The largest absolute Gasteiger partial charge is 0.628 e. The topological polar surface area (TPSA) is 36.7 Å². The number of nitrogens with one attached hydrogen (secondary N) is 1. The molecule has 3 unspecified atom stereocenters. The lowest BCUT2D eigenvalue weighted by molar-refractivity contribution is -0.798. The summed E-state index contributed by atoms with van der Waals surface area (Å²) in [5.41, 5.74) is 5.19. The highest BCUT2D eigenvalue weighted by Crippen LogP contribution is 2.39. The maximum absolute atomic E-state index is 12.7. The second kappa shape index (κ2) is 8.50. The molecule has 2 aliphatic rings. The minimum absolute atomic E-state index is 0.150. The number of quaternary nitrogens is 1. The predicted octanol–water partition coefficient (Wildman–Crippen LogP) is 5.63. The van der Waals surface area contributed by atoms with Crippen molar-refractivity contribution in [3.8, 4) is 0 Å². The third kappa shape index (κ3) is 4.48. The van der Waals surface area contributed by atoms with Crippen molar-refractivity contribution in [1.82, 2.24) is 0 Å². The van der Waals surface area contributed by atoms with Gasteiger partial charge in [0.05, 0.1) is 11.1 Å². The quantitative estimate of drug-likeness (QED) is 0.513. The Morgan fingerprint density at radius 1 is 1.18 bits per heavy atom. The van der Waals surface area contributed by atoms with E-state index in [-0.39, 0.29) is 16.7 Å². The fraction of sp³-hybridized carbons (Fsp3) is 0.440. The van der Waals surface area contributed by atoms with Gasteiger partial charge in [0.15, 0.2) is 0 Å². The van der Waals surface area contributed by atoms with Crippen LogP contribution in [0.15, 0.2) is 65.3 Å². The second-order valence-corrected chi connectivity index (χ2v) is 8.57. The van der Waals surface area contributed by atoms with Crippen molar-refractivity contribution in [2.75, 3.05) is 0 Å². The van der Waals surface area contributed by atoms with Gasteiger partial charge >= 0.3 is 0 Å². The number of para-hydroxylation sites is 1. The normalized spacial score (nSPS) is 26.4. The fourth-order valence-corrected chi connectivity index (χ4v) is 3.92. The summed E-state index contributed by atoms with van der Waals surface area (Å²) in [5.74, 6) is 0.886. The molecule has 0 amide bonds. The van der Waals surface area contributed by atoms with Crippen LogP contribution in [0.1, 0.15) is 65.9 Å². The van der Waals surface area contributed by atoms with Crippen LogP contribution >= 0.6 is 0 Å². The first-order valence-corrected chi connectivity index (χ1v) is 10.4. The van der Waals surface area contributed by atoms with Crippen LogP contribution in [0.3, 0.4) is 0 Å². The first kappa shape index (κ1) is 20.6. The van der Waals surface area contributed by atoms with Crippen molar-refractivity contribution < 1.29 is 9.80 Å². The highest BCUT2D eigenvalue weighted by atomic mass is 16.5. The summed E-state index contributed by atoms with van der Waals surface area (Å²) in [6.07, 6.45) is 13.0. The number of ether oxygens (including phenoxy) is 1. The van der Waals surface area contributed by atoms with Crippen molar-refractivity contribution >= 4 is 11.4 Å². The minimum Gasteiger partial charge on any atom is -0.628 e. The number of fused-ring (bicyclic) bond motifs is 2. The van der Waals surface area contributed by atoms with Gasteiger partial charge in [-0.1, -0.05) is 35.4 Å². The van der Waals surface area contributed by atoms with E-state index in [1.54, 1.807) is 0 Å². The Morgan fingerprint density at radius 2 is 1.93 bits per heavy atom. The summed E-state index contributed by atoms with van der Waals surface area (Å²) < 4.78 is 6.52. The maximum atomic E-state index is 12.7. The Labute approximate surface area is 169 Å². The van der Waals surface area contributed by atoms with E-state index in [0.717, 1.165) is 48.3 Å². The van der Waals surface area contributed by atoms with Crippen molar-refractivity contribution in [3.63, 3.8) is 0 Å². The van der Waals surface area contributed by atoms with E-state index in [1.807, 2.05) is 31.2 Å². The summed E-state index contributed by atoms with van der Waals surface area (Å²) in [7, 11) is 0. The Kier molecular flexibility index (Phi) is 6.26. The Hall–Kier alpha value is -2.10. The van der Waals surface area contributed by atoms with E-state index in [0.29, 0.717) is 0 Å². The molecule has 28 heavy (non-hydrogen) atoms. The Morgan fingerprint density at radius 3 is 2.68 bits per heavy atom. The van der Waals surface area contributed by atoms with Gasteiger partial charge in [-0.3, -0.25) is 0 Å². The van der Waals surface area contributed by atoms with Crippen molar-refractivity contribution in [2.24, 2.45) is 0 Å². The van der Waals surface area contributed by atoms with E-state index >= 15 is 0 Å². The van der Waals surface area contributed by atoms with Crippen LogP contribution < -0.4 is 5.06 Å². The molecule has 3 atom stereocenters. The summed E-state index contributed by atoms with van der Waals surface area (Å²) in [6, 6.07) is 7.67. The van der Waals surface area contributed by atoms with Gasteiger partial charge in [0.2, 0.25) is 0 Å². The molecule has 0 bridgehead atoms. The molecule has 2 heterocycles. The molecule has 1 aromatic rings. The molecule has 0 aromatic heterocycles. The average Bonchev–Trinajstić information content (AvgIpc) is 2.65. The standard InChI is InChI=1S/C25H33NO2/c1-18(2)10-8-11-19(3)12-9-16-25(5)17-15-21-20(4)26(27)23-14-7-6-13-22(23)24(21)28-25/h6-7,10,12-15,17,20,26H,8-9,11,16H2,1-5H3. The van der Waals surface area contributed by atoms with Crippen LogP contribution in [0.4, 0.5) is 5.69 Å². The molecule has 0 radical (unpaired) electrons.